The zero-order valence-electron chi connectivity index (χ0n) is 11.4. The van der Waals surface area contributed by atoms with Gasteiger partial charge in [-0.15, -0.1) is 0 Å². The van der Waals surface area contributed by atoms with Crippen LogP contribution in [0.2, 0.25) is 0 Å². The van der Waals surface area contributed by atoms with E-state index in [0.717, 1.165) is 27.8 Å². The summed E-state index contributed by atoms with van der Waals surface area (Å²) in [6, 6.07) is 24.2. The molecule has 0 heterocycles. The lowest BCUT2D eigenvalue weighted by molar-refractivity contribution is 0.473. The van der Waals surface area contributed by atoms with E-state index in [1.54, 1.807) is 0 Å². The second-order valence-electron chi connectivity index (χ2n) is 4.89. The third-order valence-corrected chi connectivity index (χ3v) is 3.53. The highest BCUT2D eigenvalue weighted by molar-refractivity contribution is 5.88. The summed E-state index contributed by atoms with van der Waals surface area (Å²) < 4.78 is 0. The van der Waals surface area contributed by atoms with Crippen molar-refractivity contribution in [2.45, 2.75) is 6.92 Å². The first-order valence-electron chi connectivity index (χ1n) is 6.71. The summed E-state index contributed by atoms with van der Waals surface area (Å²) in [4.78, 5) is 0. The second kappa shape index (κ2) is 5.22. The first-order chi connectivity index (χ1) is 9.77. The van der Waals surface area contributed by atoms with Gasteiger partial charge in [0, 0.05) is 5.56 Å². The standard InChI is InChI=1S/C19H16O/c1-14-12-13-17(15-8-4-2-5-9-15)18(19(14)20)16-10-6-3-7-11-16/h2-13,20H,1H3. The molecule has 3 aromatic carbocycles. The molecule has 0 aliphatic rings. The maximum Gasteiger partial charge on any atom is 0.126 e. The van der Waals surface area contributed by atoms with Crippen LogP contribution in [0.4, 0.5) is 0 Å². The smallest absolute Gasteiger partial charge is 0.126 e. The third kappa shape index (κ3) is 2.19. The van der Waals surface area contributed by atoms with Crippen LogP contribution in [0.3, 0.4) is 0 Å². The van der Waals surface area contributed by atoms with Gasteiger partial charge in [-0.2, -0.15) is 0 Å². The molecule has 0 amide bonds. The Labute approximate surface area is 119 Å². The van der Waals surface area contributed by atoms with Crippen molar-refractivity contribution in [2.75, 3.05) is 0 Å². The monoisotopic (exact) mass is 260 g/mol. The van der Waals surface area contributed by atoms with Gasteiger partial charge in [-0.05, 0) is 29.2 Å². The molecule has 0 saturated heterocycles. The van der Waals surface area contributed by atoms with Gasteiger partial charge in [0.25, 0.3) is 0 Å². The van der Waals surface area contributed by atoms with Crippen LogP contribution in [-0.2, 0) is 0 Å². The molecule has 98 valence electrons. The molecular weight excluding hydrogens is 244 g/mol. The molecule has 0 aliphatic heterocycles. The Hall–Kier alpha value is -2.54. The van der Waals surface area contributed by atoms with Gasteiger partial charge in [-0.1, -0.05) is 72.8 Å². The Balaban J connectivity index is 2.29. The Bertz CT molecular complexity index is 716. The molecule has 0 aromatic heterocycles. The van der Waals surface area contributed by atoms with Gasteiger partial charge in [-0.3, -0.25) is 0 Å². The predicted octanol–water partition coefficient (Wildman–Crippen LogP) is 5.03. The highest BCUT2D eigenvalue weighted by atomic mass is 16.3. The van der Waals surface area contributed by atoms with Crippen molar-refractivity contribution in [3.63, 3.8) is 0 Å². The summed E-state index contributed by atoms with van der Waals surface area (Å²) in [5.74, 6) is 0.359. The van der Waals surface area contributed by atoms with E-state index in [1.165, 1.54) is 0 Å². The van der Waals surface area contributed by atoms with Crippen LogP contribution in [0.15, 0.2) is 72.8 Å². The van der Waals surface area contributed by atoms with Gasteiger partial charge >= 0.3 is 0 Å². The second-order valence-corrected chi connectivity index (χ2v) is 4.89. The third-order valence-electron chi connectivity index (χ3n) is 3.53. The van der Waals surface area contributed by atoms with E-state index in [-0.39, 0.29) is 0 Å². The highest BCUT2D eigenvalue weighted by Gasteiger charge is 2.13. The molecule has 0 radical (unpaired) electrons. The van der Waals surface area contributed by atoms with Crippen LogP contribution in [-0.4, -0.2) is 5.11 Å². The number of hydrogen-bond acceptors (Lipinski definition) is 1. The van der Waals surface area contributed by atoms with Crippen LogP contribution >= 0.6 is 0 Å². The number of benzene rings is 3. The summed E-state index contributed by atoms with van der Waals surface area (Å²) in [6.07, 6.45) is 0. The number of phenolic OH excluding ortho intramolecular Hbond substituents is 1. The molecule has 1 nitrogen and oxygen atoms in total. The molecule has 3 aromatic rings. The van der Waals surface area contributed by atoms with Gasteiger partial charge in [-0.25, -0.2) is 0 Å². The van der Waals surface area contributed by atoms with Gasteiger partial charge in [0.2, 0.25) is 0 Å². The van der Waals surface area contributed by atoms with E-state index >= 15 is 0 Å². The fourth-order valence-corrected chi connectivity index (χ4v) is 2.45. The van der Waals surface area contributed by atoms with Crippen LogP contribution in [0.25, 0.3) is 22.3 Å². The zero-order chi connectivity index (χ0) is 13.9. The first-order valence-corrected chi connectivity index (χ1v) is 6.71. The SMILES string of the molecule is Cc1ccc(-c2ccccc2)c(-c2ccccc2)c1O. The zero-order valence-corrected chi connectivity index (χ0v) is 11.4. The summed E-state index contributed by atoms with van der Waals surface area (Å²) >= 11 is 0. The summed E-state index contributed by atoms with van der Waals surface area (Å²) in [7, 11) is 0. The lowest BCUT2D eigenvalue weighted by atomic mass is 9.92. The molecule has 0 atom stereocenters. The van der Waals surface area contributed by atoms with Crippen molar-refractivity contribution in [3.8, 4) is 28.0 Å². The van der Waals surface area contributed by atoms with Crippen LogP contribution in [0.5, 0.6) is 5.75 Å². The van der Waals surface area contributed by atoms with E-state index in [9.17, 15) is 5.11 Å². The maximum absolute atomic E-state index is 10.5. The molecule has 1 N–H and O–H groups in total. The van der Waals surface area contributed by atoms with Gasteiger partial charge in [0.15, 0.2) is 0 Å². The van der Waals surface area contributed by atoms with E-state index in [2.05, 4.69) is 18.2 Å². The largest absolute Gasteiger partial charge is 0.507 e. The van der Waals surface area contributed by atoms with Crippen LogP contribution in [0.1, 0.15) is 5.56 Å². The van der Waals surface area contributed by atoms with Crippen LogP contribution in [0, 0.1) is 6.92 Å². The van der Waals surface area contributed by atoms with Crippen molar-refractivity contribution in [1.29, 1.82) is 0 Å². The Morgan fingerprint density at radius 3 is 1.80 bits per heavy atom. The number of aryl methyl sites for hydroxylation is 1. The van der Waals surface area contributed by atoms with E-state index in [4.69, 9.17) is 0 Å². The molecule has 0 saturated carbocycles. The minimum absolute atomic E-state index is 0.359. The fraction of sp³-hybridized carbons (Fsp3) is 0.0526. The minimum atomic E-state index is 0.359. The molecular formula is C19H16O. The van der Waals surface area contributed by atoms with E-state index in [0.29, 0.717) is 5.75 Å². The normalized spacial score (nSPS) is 10.4. The molecule has 1 heteroatoms. The molecule has 0 unspecified atom stereocenters. The molecule has 20 heavy (non-hydrogen) atoms. The van der Waals surface area contributed by atoms with Gasteiger partial charge in [0.05, 0.1) is 0 Å². The summed E-state index contributed by atoms with van der Waals surface area (Å²) in [5.41, 5.74) is 4.99. The minimum Gasteiger partial charge on any atom is -0.507 e. The molecule has 0 spiro atoms. The number of hydrogen-bond donors (Lipinski definition) is 1. The predicted molar refractivity (Wildman–Crippen MR) is 83.7 cm³/mol. The lowest BCUT2D eigenvalue weighted by Crippen LogP contribution is -1.88. The first kappa shape index (κ1) is 12.5. The summed E-state index contributed by atoms with van der Waals surface area (Å²) in [6.45, 7) is 1.93. The van der Waals surface area contributed by atoms with Crippen molar-refractivity contribution < 1.29 is 5.11 Å². The molecule has 0 aliphatic carbocycles. The molecule has 0 bridgehead atoms. The average molecular weight is 260 g/mol. The topological polar surface area (TPSA) is 20.2 Å². The van der Waals surface area contributed by atoms with Gasteiger partial charge in [0.1, 0.15) is 5.75 Å². The quantitative estimate of drug-likeness (QED) is 0.684. The van der Waals surface area contributed by atoms with E-state index in [1.807, 2.05) is 61.5 Å². The van der Waals surface area contributed by atoms with E-state index < -0.39 is 0 Å². The number of aromatic hydroxyl groups is 1. The fourth-order valence-electron chi connectivity index (χ4n) is 2.45. The molecule has 3 rings (SSSR count). The van der Waals surface area contributed by atoms with Crippen molar-refractivity contribution in [1.82, 2.24) is 0 Å². The summed E-state index contributed by atoms with van der Waals surface area (Å²) in [5, 5.41) is 10.5. The highest BCUT2D eigenvalue weighted by Crippen LogP contribution is 2.40. The van der Waals surface area contributed by atoms with Crippen LogP contribution < -0.4 is 0 Å². The van der Waals surface area contributed by atoms with Crippen molar-refractivity contribution in [2.24, 2.45) is 0 Å². The Morgan fingerprint density at radius 1 is 0.650 bits per heavy atom. The lowest BCUT2D eigenvalue weighted by Gasteiger charge is -2.14. The van der Waals surface area contributed by atoms with Crippen molar-refractivity contribution in [3.05, 3.63) is 78.4 Å². The maximum atomic E-state index is 10.5. The number of phenols is 1. The number of rotatable bonds is 2. The Morgan fingerprint density at radius 2 is 1.20 bits per heavy atom. The van der Waals surface area contributed by atoms with Crippen molar-refractivity contribution >= 4 is 0 Å². The average Bonchev–Trinajstić information content (AvgIpc) is 2.51. The molecule has 0 fully saturated rings. The Kier molecular flexibility index (Phi) is 3.26. The van der Waals surface area contributed by atoms with Gasteiger partial charge < -0.3 is 5.11 Å².